The van der Waals surface area contributed by atoms with Crippen LogP contribution in [-0.2, 0) is 15.8 Å². The van der Waals surface area contributed by atoms with Gasteiger partial charge >= 0.3 is 12.2 Å². The zero-order chi connectivity index (χ0) is 25.2. The molecule has 0 bridgehead atoms. The fraction of sp³-hybridized carbons (Fsp3) is 0.182. The minimum absolute atomic E-state index is 0.0254. The molecule has 0 atom stereocenters. The van der Waals surface area contributed by atoms with Gasteiger partial charge in [-0.3, -0.25) is 25.2 Å². The number of anilines is 1. The van der Waals surface area contributed by atoms with Crippen LogP contribution in [0.15, 0.2) is 42.2 Å². The quantitative estimate of drug-likeness (QED) is 0.455. The number of rotatable bonds is 5. The maximum atomic E-state index is 13.2. The maximum Gasteiger partial charge on any atom is 0.434 e. The molecule has 13 heteroatoms. The Bertz CT molecular complexity index is 1350. The highest BCUT2D eigenvalue weighted by atomic mass is 32.1. The number of nitrogens with one attached hydrogen (secondary N) is 3. The van der Waals surface area contributed by atoms with Crippen LogP contribution in [0.25, 0.3) is 27.3 Å². The summed E-state index contributed by atoms with van der Waals surface area (Å²) < 4.78 is 39.6. The van der Waals surface area contributed by atoms with Crippen molar-refractivity contribution >= 4 is 40.6 Å². The molecule has 4 heterocycles. The van der Waals surface area contributed by atoms with Crippen LogP contribution < -0.4 is 16.0 Å². The fourth-order valence-electron chi connectivity index (χ4n) is 3.30. The highest BCUT2D eigenvalue weighted by Gasteiger charge is 2.34. The second kappa shape index (κ2) is 9.62. The molecule has 0 aliphatic carbocycles. The van der Waals surface area contributed by atoms with Gasteiger partial charge in [-0.15, -0.1) is 11.3 Å². The number of pyridine rings is 2. The van der Waals surface area contributed by atoms with Gasteiger partial charge in [0.2, 0.25) is 5.91 Å². The highest BCUT2D eigenvalue weighted by molar-refractivity contribution is 7.13. The van der Waals surface area contributed by atoms with Crippen LogP contribution in [0.1, 0.15) is 24.6 Å². The Morgan fingerprint density at radius 1 is 1.14 bits per heavy atom. The Labute approximate surface area is 200 Å². The van der Waals surface area contributed by atoms with E-state index in [4.69, 9.17) is 0 Å². The molecule has 3 N–H and O–H groups in total. The van der Waals surface area contributed by atoms with E-state index < -0.39 is 29.7 Å². The summed E-state index contributed by atoms with van der Waals surface area (Å²) in [5.41, 5.74) is 0.734. The Kier molecular flexibility index (Phi) is 6.60. The van der Waals surface area contributed by atoms with Crippen LogP contribution in [0.3, 0.4) is 0 Å². The van der Waals surface area contributed by atoms with E-state index in [2.05, 4.69) is 30.9 Å². The third kappa shape index (κ3) is 5.35. The average molecular weight is 502 g/mol. The number of carbonyl (C=O) groups is 3. The molecule has 0 fully saturated rings. The topological polar surface area (TPSA) is 126 Å². The average Bonchev–Trinajstić information content (AvgIpc) is 3.30. The van der Waals surface area contributed by atoms with E-state index in [1.54, 1.807) is 13.0 Å². The molecule has 1 aliphatic heterocycles. The first kappa shape index (κ1) is 24.0. The lowest BCUT2D eigenvalue weighted by Gasteiger charge is -2.14. The first-order chi connectivity index (χ1) is 16.7. The van der Waals surface area contributed by atoms with Gasteiger partial charge in [-0.2, -0.15) is 13.2 Å². The van der Waals surface area contributed by atoms with Crippen molar-refractivity contribution in [2.75, 3.05) is 11.9 Å². The first-order valence-electron chi connectivity index (χ1n) is 10.2. The summed E-state index contributed by atoms with van der Waals surface area (Å²) >= 11 is 0.788. The summed E-state index contributed by atoms with van der Waals surface area (Å²) in [6, 6.07) is 2.51. The van der Waals surface area contributed by atoms with Crippen molar-refractivity contribution in [2.24, 2.45) is 0 Å². The fourth-order valence-corrected chi connectivity index (χ4v) is 4.15. The molecule has 3 aromatic heterocycles. The molecule has 0 radical (unpaired) electrons. The summed E-state index contributed by atoms with van der Waals surface area (Å²) in [7, 11) is 0. The molecule has 4 rings (SSSR count). The van der Waals surface area contributed by atoms with Crippen molar-refractivity contribution in [3.05, 3.63) is 53.4 Å². The summed E-state index contributed by atoms with van der Waals surface area (Å²) in [6.45, 7) is 2.10. The zero-order valence-corrected chi connectivity index (χ0v) is 18.9. The molecule has 0 spiro atoms. The van der Waals surface area contributed by atoms with Gasteiger partial charge < -0.3 is 5.32 Å². The van der Waals surface area contributed by atoms with Gasteiger partial charge in [-0.25, -0.2) is 14.8 Å². The van der Waals surface area contributed by atoms with Gasteiger partial charge in [0.15, 0.2) is 5.69 Å². The Hall–Kier alpha value is -4.13. The number of aromatic nitrogens is 3. The molecule has 35 heavy (non-hydrogen) atoms. The largest absolute Gasteiger partial charge is 0.434 e. The number of amides is 4. The second-order valence-corrected chi connectivity index (χ2v) is 8.15. The predicted octanol–water partition coefficient (Wildman–Crippen LogP) is 3.86. The third-order valence-corrected chi connectivity index (χ3v) is 5.73. The van der Waals surface area contributed by atoms with E-state index in [1.807, 2.05) is 0 Å². The van der Waals surface area contributed by atoms with Gasteiger partial charge in [0.05, 0.1) is 0 Å². The maximum absolute atomic E-state index is 13.2. The predicted molar refractivity (Wildman–Crippen MR) is 122 cm³/mol. The molecule has 0 saturated heterocycles. The smallest absolute Gasteiger partial charge is 0.338 e. The number of imide groups is 1. The Morgan fingerprint density at radius 3 is 2.60 bits per heavy atom. The number of nitrogens with zero attached hydrogens (tertiary/aromatic N) is 3. The lowest BCUT2D eigenvalue weighted by molar-refractivity contribution is -0.140. The molecule has 4 amide bonds. The summed E-state index contributed by atoms with van der Waals surface area (Å²) in [4.78, 5) is 47.7. The SMILES string of the molecule is CCNC(=O)Nc1cc(-c2nc(C(F)(F)F)cs2)c(-c2cncc(C3=CCC(=O)NC3=O)c2)cn1. The van der Waals surface area contributed by atoms with Crippen molar-refractivity contribution in [1.82, 2.24) is 25.6 Å². The monoisotopic (exact) mass is 502 g/mol. The first-order valence-corrected chi connectivity index (χ1v) is 11.1. The van der Waals surface area contributed by atoms with Crippen LogP contribution in [0, 0.1) is 0 Å². The highest BCUT2D eigenvalue weighted by Crippen LogP contribution is 2.38. The molecule has 1 aliphatic rings. The van der Waals surface area contributed by atoms with E-state index in [1.165, 1.54) is 30.7 Å². The summed E-state index contributed by atoms with van der Waals surface area (Å²) in [5, 5.41) is 8.26. The molecule has 0 saturated carbocycles. The minimum Gasteiger partial charge on any atom is -0.338 e. The summed E-state index contributed by atoms with van der Waals surface area (Å²) in [5.74, 6) is -0.890. The Balaban J connectivity index is 1.80. The van der Waals surface area contributed by atoms with Gasteiger partial charge in [-0.05, 0) is 19.1 Å². The van der Waals surface area contributed by atoms with Crippen molar-refractivity contribution in [3.63, 3.8) is 0 Å². The third-order valence-electron chi connectivity index (χ3n) is 4.86. The van der Waals surface area contributed by atoms with Crippen molar-refractivity contribution < 1.29 is 27.6 Å². The van der Waals surface area contributed by atoms with Crippen molar-refractivity contribution in [1.29, 1.82) is 0 Å². The molecule has 0 unspecified atom stereocenters. The number of thiazole rings is 1. The molecule has 9 nitrogen and oxygen atoms in total. The molecule has 0 aromatic carbocycles. The van der Waals surface area contributed by atoms with E-state index in [9.17, 15) is 27.6 Å². The number of carbonyl (C=O) groups excluding carboxylic acids is 3. The van der Waals surface area contributed by atoms with Crippen molar-refractivity contribution in [2.45, 2.75) is 19.5 Å². The number of hydrogen-bond acceptors (Lipinski definition) is 7. The lowest BCUT2D eigenvalue weighted by atomic mass is 9.98. The molecular weight excluding hydrogens is 485 g/mol. The molecular formula is C22H17F3N6O3S. The van der Waals surface area contributed by atoms with Gasteiger partial charge in [0.1, 0.15) is 10.8 Å². The van der Waals surface area contributed by atoms with Crippen LogP contribution >= 0.6 is 11.3 Å². The van der Waals surface area contributed by atoms with Crippen LogP contribution in [0.5, 0.6) is 0 Å². The normalized spacial score (nSPS) is 13.8. The number of urea groups is 1. The Morgan fingerprint density at radius 2 is 1.91 bits per heavy atom. The van der Waals surface area contributed by atoms with Crippen LogP contribution in [0.4, 0.5) is 23.8 Å². The minimum atomic E-state index is -4.62. The van der Waals surface area contributed by atoms with Gasteiger partial charge in [0, 0.05) is 64.8 Å². The standard InChI is InChI=1S/C22H17F3N6O3S/c1-2-27-21(34)30-17-6-14(20-29-16(10-35-20)22(23,24)25)15(9-28-17)12-5-11(7-26-8-12)13-3-4-18(32)31-19(13)33/h3,5-10H,2,4H2,1H3,(H,31,32,33)(H2,27,28,30,34). The van der Waals surface area contributed by atoms with Gasteiger partial charge in [0.25, 0.3) is 5.91 Å². The second-order valence-electron chi connectivity index (χ2n) is 7.30. The molecule has 180 valence electrons. The van der Waals surface area contributed by atoms with E-state index in [0.29, 0.717) is 23.2 Å². The number of alkyl halides is 3. The van der Waals surface area contributed by atoms with E-state index in [-0.39, 0.29) is 28.4 Å². The van der Waals surface area contributed by atoms with Crippen molar-refractivity contribution in [3.8, 4) is 21.7 Å². The zero-order valence-electron chi connectivity index (χ0n) is 18.1. The number of hydrogen-bond donors (Lipinski definition) is 3. The van der Waals surface area contributed by atoms with Crippen LogP contribution in [-0.4, -0.2) is 39.3 Å². The van der Waals surface area contributed by atoms with Gasteiger partial charge in [-0.1, -0.05) is 6.08 Å². The molecule has 3 aromatic rings. The van der Waals surface area contributed by atoms with Crippen LogP contribution in [0.2, 0.25) is 0 Å². The van der Waals surface area contributed by atoms with E-state index >= 15 is 0 Å². The van der Waals surface area contributed by atoms with E-state index in [0.717, 1.165) is 16.7 Å². The number of halogens is 3. The summed E-state index contributed by atoms with van der Waals surface area (Å²) in [6.07, 6.45) is 1.17. The lowest BCUT2D eigenvalue weighted by Crippen LogP contribution is -2.33.